The summed E-state index contributed by atoms with van der Waals surface area (Å²) in [6.45, 7) is 7.69. The van der Waals surface area contributed by atoms with Crippen LogP contribution in [0.2, 0.25) is 0 Å². The lowest BCUT2D eigenvalue weighted by Crippen LogP contribution is -2.34. The van der Waals surface area contributed by atoms with Gasteiger partial charge in [0.1, 0.15) is 23.3 Å². The maximum Gasteiger partial charge on any atom is 0.412 e. The number of thiophene rings is 2. The summed E-state index contributed by atoms with van der Waals surface area (Å²) in [4.78, 5) is 13.4. The molecule has 2 aliphatic heterocycles. The second kappa shape index (κ2) is 10.4. The largest absolute Gasteiger partial charge is 0.460 e. The van der Waals surface area contributed by atoms with Gasteiger partial charge in [0.2, 0.25) is 0 Å². The molecule has 0 saturated heterocycles. The number of amides is 1. The maximum atomic E-state index is 11.5. The fourth-order valence-corrected chi connectivity index (χ4v) is 6.68. The van der Waals surface area contributed by atoms with Gasteiger partial charge in [-0.05, 0) is 98.2 Å². The van der Waals surface area contributed by atoms with Crippen molar-refractivity contribution >= 4 is 57.5 Å². The van der Waals surface area contributed by atoms with Gasteiger partial charge in [0.05, 0.1) is 26.6 Å². The number of hydrogen-bond acceptors (Lipinski definition) is 8. The number of benzene rings is 2. The molecule has 0 aliphatic carbocycles. The van der Waals surface area contributed by atoms with Crippen molar-refractivity contribution in [3.63, 3.8) is 0 Å². The van der Waals surface area contributed by atoms with Gasteiger partial charge in [-0.1, -0.05) is 12.1 Å². The second-order valence-electron chi connectivity index (χ2n) is 10.1. The Bertz CT molecular complexity index is 1610. The molecule has 0 fully saturated rings. The molecule has 0 bridgehead atoms. The first-order chi connectivity index (χ1) is 19.0. The van der Waals surface area contributed by atoms with E-state index >= 15 is 0 Å². The Morgan fingerprint density at radius 1 is 0.750 bits per heavy atom. The highest BCUT2D eigenvalue weighted by atomic mass is 32.1. The number of cyclic esters (lactones) is 1. The van der Waals surface area contributed by atoms with Crippen LogP contribution in [0, 0.1) is 22.7 Å². The predicted molar refractivity (Wildman–Crippen MR) is 162 cm³/mol. The van der Waals surface area contributed by atoms with E-state index in [9.17, 15) is 4.79 Å². The standard InChI is InChI=1S/C15H12N2O2S.C15H12N2OS2/c1-15(2)11-7-9(13-10(8-16)5-6-20-13)3-4-12(11)17-14(18)19-15;1-15(2)11-7-9(13-10(8-16)5-6-20-13)3-4-12(11)17-14(19)18-15/h3-7H,1-2H3,(H,17,18);3-7H,1-2H3,(H,17,19). The van der Waals surface area contributed by atoms with Crippen molar-refractivity contribution in [3.05, 3.63) is 81.5 Å². The van der Waals surface area contributed by atoms with Crippen molar-refractivity contribution < 1.29 is 14.3 Å². The Labute approximate surface area is 245 Å². The molecule has 4 aromatic rings. The van der Waals surface area contributed by atoms with E-state index < -0.39 is 17.3 Å². The first-order valence-corrected chi connectivity index (χ1v) is 14.4. The Kier molecular flexibility index (Phi) is 7.11. The van der Waals surface area contributed by atoms with E-state index in [0.29, 0.717) is 16.3 Å². The molecule has 10 heteroatoms. The van der Waals surface area contributed by atoms with Crippen LogP contribution in [-0.2, 0) is 20.7 Å². The predicted octanol–water partition coefficient (Wildman–Crippen LogP) is 8.33. The van der Waals surface area contributed by atoms with Crippen LogP contribution in [0.4, 0.5) is 16.2 Å². The Morgan fingerprint density at radius 2 is 1.23 bits per heavy atom. The Morgan fingerprint density at radius 3 is 1.73 bits per heavy atom. The molecular formula is C30H24N4O3S3. The molecule has 0 unspecified atom stereocenters. The highest BCUT2D eigenvalue weighted by Crippen LogP contribution is 2.41. The van der Waals surface area contributed by atoms with E-state index in [1.165, 1.54) is 11.3 Å². The molecule has 1 amide bonds. The first kappa shape index (κ1) is 27.4. The number of nitrogens with zero attached hydrogens (tertiary/aromatic N) is 2. The summed E-state index contributed by atoms with van der Waals surface area (Å²) in [5, 5.41) is 28.2. The molecule has 0 saturated carbocycles. The van der Waals surface area contributed by atoms with Crippen LogP contribution < -0.4 is 10.6 Å². The highest BCUT2D eigenvalue weighted by Gasteiger charge is 2.34. The van der Waals surface area contributed by atoms with Crippen LogP contribution in [0.5, 0.6) is 0 Å². The quantitative estimate of drug-likeness (QED) is 0.228. The molecule has 7 nitrogen and oxygen atoms in total. The van der Waals surface area contributed by atoms with Crippen molar-refractivity contribution in [2.45, 2.75) is 38.9 Å². The molecule has 6 rings (SSSR count). The summed E-state index contributed by atoms with van der Waals surface area (Å²) >= 11 is 8.21. The van der Waals surface area contributed by atoms with Crippen LogP contribution in [0.3, 0.4) is 0 Å². The number of carbonyl (C=O) groups is 1. The SMILES string of the molecule is CC1(C)OC(=O)Nc2ccc(-c3sccc3C#N)cc21.CC1(C)OC(=S)Nc2ccc(-c3sccc3C#N)cc21. The number of hydrogen-bond donors (Lipinski definition) is 2. The van der Waals surface area contributed by atoms with Gasteiger partial charge in [0.15, 0.2) is 0 Å². The van der Waals surface area contributed by atoms with Gasteiger partial charge in [0.25, 0.3) is 5.17 Å². The Hall–Kier alpha value is -4.22. The van der Waals surface area contributed by atoms with Crippen molar-refractivity contribution in [2.75, 3.05) is 10.6 Å². The number of nitriles is 2. The molecule has 0 atom stereocenters. The monoisotopic (exact) mass is 584 g/mol. The first-order valence-electron chi connectivity index (χ1n) is 12.3. The molecule has 2 aromatic heterocycles. The third-order valence-electron chi connectivity index (χ3n) is 6.60. The molecule has 0 spiro atoms. The van der Waals surface area contributed by atoms with Gasteiger partial charge < -0.3 is 14.8 Å². The Balaban J connectivity index is 0.000000161. The average Bonchev–Trinajstić information content (AvgIpc) is 3.57. The zero-order chi connectivity index (χ0) is 28.7. The van der Waals surface area contributed by atoms with Gasteiger partial charge >= 0.3 is 6.09 Å². The second-order valence-corrected chi connectivity index (χ2v) is 12.3. The van der Waals surface area contributed by atoms with Crippen molar-refractivity contribution in [3.8, 4) is 33.0 Å². The minimum absolute atomic E-state index is 0.393. The zero-order valence-corrected chi connectivity index (χ0v) is 24.6. The summed E-state index contributed by atoms with van der Waals surface area (Å²) in [5.41, 5.74) is 5.87. The van der Waals surface area contributed by atoms with Crippen LogP contribution in [0.15, 0.2) is 59.3 Å². The molecule has 4 heterocycles. The third kappa shape index (κ3) is 5.17. The van der Waals surface area contributed by atoms with Gasteiger partial charge in [-0.25, -0.2) is 4.79 Å². The number of fused-ring (bicyclic) bond motifs is 2. The van der Waals surface area contributed by atoms with Gasteiger partial charge in [-0.2, -0.15) is 10.5 Å². The minimum atomic E-state index is -0.683. The maximum absolute atomic E-state index is 11.5. The number of thiocarbonyl (C=S) groups is 1. The molecule has 2 aliphatic rings. The van der Waals surface area contributed by atoms with Crippen molar-refractivity contribution in [1.29, 1.82) is 10.5 Å². The number of rotatable bonds is 2. The van der Waals surface area contributed by atoms with Gasteiger partial charge in [-0.15, -0.1) is 22.7 Å². The molecule has 2 N–H and O–H groups in total. The molecule has 200 valence electrons. The van der Waals surface area contributed by atoms with Gasteiger partial charge in [-0.3, -0.25) is 5.32 Å². The molecule has 2 aromatic carbocycles. The smallest absolute Gasteiger partial charge is 0.412 e. The zero-order valence-electron chi connectivity index (χ0n) is 22.1. The summed E-state index contributed by atoms with van der Waals surface area (Å²) < 4.78 is 11.0. The van der Waals surface area contributed by atoms with Crippen molar-refractivity contribution in [1.82, 2.24) is 0 Å². The number of anilines is 2. The van der Waals surface area contributed by atoms with E-state index in [-0.39, 0.29) is 0 Å². The lowest BCUT2D eigenvalue weighted by Gasteiger charge is -2.34. The summed E-state index contributed by atoms with van der Waals surface area (Å²) in [6.07, 6.45) is -0.441. The fraction of sp³-hybridized carbons (Fsp3) is 0.200. The lowest BCUT2D eigenvalue weighted by atomic mass is 9.92. The van der Waals surface area contributed by atoms with Crippen LogP contribution in [0.25, 0.3) is 20.9 Å². The number of ether oxygens (including phenoxy) is 2. The van der Waals surface area contributed by atoms with Crippen LogP contribution >= 0.6 is 34.9 Å². The summed E-state index contributed by atoms with van der Waals surface area (Å²) in [5.74, 6) is 0. The molecular weight excluding hydrogens is 561 g/mol. The highest BCUT2D eigenvalue weighted by molar-refractivity contribution is 7.80. The fourth-order valence-electron chi connectivity index (χ4n) is 4.67. The minimum Gasteiger partial charge on any atom is -0.460 e. The molecule has 0 radical (unpaired) electrons. The topological polar surface area (TPSA) is 107 Å². The van der Waals surface area contributed by atoms with E-state index in [2.05, 4.69) is 28.8 Å². The summed E-state index contributed by atoms with van der Waals surface area (Å²) in [7, 11) is 0. The third-order valence-corrected chi connectivity index (χ3v) is 8.71. The average molecular weight is 585 g/mol. The van der Waals surface area contributed by atoms with E-state index in [1.54, 1.807) is 11.3 Å². The van der Waals surface area contributed by atoms with Crippen molar-refractivity contribution in [2.24, 2.45) is 0 Å². The number of carbonyl (C=O) groups excluding carboxylic acids is 1. The number of nitrogens with one attached hydrogen (secondary N) is 2. The van der Waals surface area contributed by atoms with E-state index in [0.717, 1.165) is 43.4 Å². The van der Waals surface area contributed by atoms with Crippen LogP contribution in [-0.4, -0.2) is 11.3 Å². The molecule has 40 heavy (non-hydrogen) atoms. The summed E-state index contributed by atoms with van der Waals surface area (Å²) in [6, 6.07) is 19.9. The van der Waals surface area contributed by atoms with E-state index in [1.807, 2.05) is 80.9 Å². The van der Waals surface area contributed by atoms with Gasteiger partial charge in [0, 0.05) is 16.8 Å². The van der Waals surface area contributed by atoms with Crippen LogP contribution in [0.1, 0.15) is 49.9 Å². The van der Waals surface area contributed by atoms with E-state index in [4.69, 9.17) is 32.2 Å². The normalized spacial score (nSPS) is 15.8. The lowest BCUT2D eigenvalue weighted by molar-refractivity contribution is 0.0421.